The van der Waals surface area contributed by atoms with Gasteiger partial charge in [-0.3, -0.25) is 9.69 Å². The van der Waals surface area contributed by atoms with E-state index in [1.807, 2.05) is 41.3 Å². The highest BCUT2D eigenvalue weighted by molar-refractivity contribution is 7.11. The molecule has 0 bridgehead atoms. The van der Waals surface area contributed by atoms with E-state index < -0.39 is 0 Å². The van der Waals surface area contributed by atoms with Gasteiger partial charge in [-0.15, -0.1) is 11.3 Å². The van der Waals surface area contributed by atoms with Crippen molar-refractivity contribution < 1.29 is 9.53 Å². The fourth-order valence-electron chi connectivity index (χ4n) is 3.99. The van der Waals surface area contributed by atoms with E-state index in [4.69, 9.17) is 4.74 Å². The molecule has 0 radical (unpaired) electrons. The molecule has 4 rings (SSSR count). The third-order valence-corrected chi connectivity index (χ3v) is 6.22. The summed E-state index contributed by atoms with van der Waals surface area (Å²) in [6.07, 6.45) is 3.39. The van der Waals surface area contributed by atoms with Crippen LogP contribution in [0.25, 0.3) is 0 Å². The summed E-state index contributed by atoms with van der Waals surface area (Å²) >= 11 is 1.88. The van der Waals surface area contributed by atoms with E-state index in [0.29, 0.717) is 24.3 Å². The second-order valence-electron chi connectivity index (χ2n) is 7.21. The molecule has 2 saturated heterocycles. The number of rotatable bonds is 5. The predicted octanol–water partition coefficient (Wildman–Crippen LogP) is 2.41. The standard InChI is InChI=1S/C19H25N3O2S/c1-13-5-6-16(25-13)11-22-10-14-8-15(24-18(14)12-22)9-20-19(23)17-4-3-7-21(17)2/h3-7,14-15,18H,8-12H2,1-2H3,(H,20,23)/t14-,15-,18+/m0/s1. The Labute approximate surface area is 152 Å². The predicted molar refractivity (Wildman–Crippen MR) is 98.8 cm³/mol. The molecule has 0 unspecified atom stereocenters. The number of likely N-dealkylation sites (tertiary alicyclic amines) is 1. The van der Waals surface area contributed by atoms with Crippen molar-refractivity contribution in [3.8, 4) is 0 Å². The number of nitrogens with zero attached hydrogens (tertiary/aromatic N) is 2. The lowest BCUT2D eigenvalue weighted by Gasteiger charge is -2.18. The summed E-state index contributed by atoms with van der Waals surface area (Å²) < 4.78 is 8.03. The zero-order chi connectivity index (χ0) is 17.4. The highest BCUT2D eigenvalue weighted by atomic mass is 32.1. The van der Waals surface area contributed by atoms with Gasteiger partial charge in [0, 0.05) is 55.1 Å². The molecule has 0 aliphatic carbocycles. The topological polar surface area (TPSA) is 46.5 Å². The van der Waals surface area contributed by atoms with Gasteiger partial charge in [-0.25, -0.2) is 0 Å². The number of aromatic nitrogens is 1. The first-order chi connectivity index (χ1) is 12.1. The molecule has 1 amide bonds. The number of carbonyl (C=O) groups is 1. The Kier molecular flexibility index (Phi) is 4.67. The van der Waals surface area contributed by atoms with Gasteiger partial charge >= 0.3 is 0 Å². The van der Waals surface area contributed by atoms with Crippen molar-refractivity contribution in [2.75, 3.05) is 19.6 Å². The molecular formula is C19H25N3O2S. The van der Waals surface area contributed by atoms with Crippen molar-refractivity contribution in [3.05, 3.63) is 45.9 Å². The van der Waals surface area contributed by atoms with Crippen LogP contribution in [0.15, 0.2) is 30.5 Å². The van der Waals surface area contributed by atoms with Crippen molar-refractivity contribution in [1.29, 1.82) is 0 Å². The lowest BCUT2D eigenvalue weighted by atomic mass is 10.0. The Morgan fingerprint density at radius 3 is 2.92 bits per heavy atom. The summed E-state index contributed by atoms with van der Waals surface area (Å²) in [5.41, 5.74) is 0.690. The number of carbonyl (C=O) groups excluding carboxylic acids is 1. The summed E-state index contributed by atoms with van der Waals surface area (Å²) in [6, 6.07) is 8.15. The van der Waals surface area contributed by atoms with Crippen LogP contribution in [0.5, 0.6) is 0 Å². The Hall–Kier alpha value is -1.63. The van der Waals surface area contributed by atoms with Crippen LogP contribution in [-0.4, -0.2) is 47.2 Å². The second kappa shape index (κ2) is 6.94. The number of nitrogens with one attached hydrogen (secondary N) is 1. The van der Waals surface area contributed by atoms with Crippen LogP contribution in [0, 0.1) is 12.8 Å². The quantitative estimate of drug-likeness (QED) is 0.892. The maximum atomic E-state index is 12.2. The van der Waals surface area contributed by atoms with E-state index in [9.17, 15) is 4.79 Å². The third-order valence-electron chi connectivity index (χ3n) is 5.23. The van der Waals surface area contributed by atoms with E-state index in [2.05, 4.69) is 29.3 Å². The van der Waals surface area contributed by atoms with Crippen LogP contribution >= 0.6 is 11.3 Å². The molecule has 2 aliphatic rings. The molecule has 0 aromatic carbocycles. The molecule has 3 atom stereocenters. The van der Waals surface area contributed by atoms with Crippen molar-refractivity contribution in [1.82, 2.24) is 14.8 Å². The zero-order valence-electron chi connectivity index (χ0n) is 14.8. The van der Waals surface area contributed by atoms with E-state index in [1.54, 1.807) is 0 Å². The van der Waals surface area contributed by atoms with Crippen molar-refractivity contribution >= 4 is 17.2 Å². The van der Waals surface area contributed by atoms with E-state index in [1.165, 1.54) is 9.75 Å². The number of aryl methyl sites for hydroxylation is 2. The number of amides is 1. The minimum absolute atomic E-state index is 0.0251. The molecular weight excluding hydrogens is 334 g/mol. The monoisotopic (exact) mass is 359 g/mol. The fraction of sp³-hybridized carbons (Fsp3) is 0.526. The molecule has 134 valence electrons. The van der Waals surface area contributed by atoms with Gasteiger partial charge in [0.2, 0.25) is 0 Å². The average molecular weight is 359 g/mol. The van der Waals surface area contributed by atoms with Gasteiger partial charge in [-0.1, -0.05) is 0 Å². The van der Waals surface area contributed by atoms with Gasteiger partial charge in [-0.2, -0.15) is 0 Å². The minimum atomic E-state index is -0.0251. The van der Waals surface area contributed by atoms with Gasteiger partial charge in [0.05, 0.1) is 12.2 Å². The van der Waals surface area contributed by atoms with Crippen LogP contribution < -0.4 is 5.32 Å². The maximum Gasteiger partial charge on any atom is 0.267 e. The van der Waals surface area contributed by atoms with Gasteiger partial charge in [0.25, 0.3) is 5.91 Å². The maximum absolute atomic E-state index is 12.2. The molecule has 2 fully saturated rings. The SMILES string of the molecule is Cc1ccc(CN2C[C@@H]3C[C@@H](CNC(=O)c4cccn4C)O[C@@H]3C2)s1. The number of hydrogen-bond donors (Lipinski definition) is 1. The Bertz CT molecular complexity index is 739. The molecule has 0 spiro atoms. The number of ether oxygens (including phenoxy) is 1. The zero-order valence-corrected chi connectivity index (χ0v) is 15.6. The molecule has 2 aliphatic heterocycles. The Balaban J connectivity index is 1.24. The Morgan fingerprint density at radius 1 is 1.36 bits per heavy atom. The molecule has 5 nitrogen and oxygen atoms in total. The second-order valence-corrected chi connectivity index (χ2v) is 8.59. The minimum Gasteiger partial charge on any atom is -0.371 e. The summed E-state index contributed by atoms with van der Waals surface area (Å²) in [7, 11) is 1.88. The molecule has 4 heterocycles. The highest BCUT2D eigenvalue weighted by Crippen LogP contribution is 2.34. The van der Waals surface area contributed by atoms with Crippen LogP contribution in [0.2, 0.25) is 0 Å². The molecule has 2 aromatic rings. The van der Waals surface area contributed by atoms with E-state index in [0.717, 1.165) is 26.1 Å². The van der Waals surface area contributed by atoms with Crippen molar-refractivity contribution in [2.45, 2.75) is 32.1 Å². The summed E-state index contributed by atoms with van der Waals surface area (Å²) in [4.78, 5) is 17.5. The first kappa shape index (κ1) is 16.8. The van der Waals surface area contributed by atoms with Crippen LogP contribution in [-0.2, 0) is 18.3 Å². The Morgan fingerprint density at radius 2 is 2.24 bits per heavy atom. The van der Waals surface area contributed by atoms with Crippen molar-refractivity contribution in [3.63, 3.8) is 0 Å². The fourth-order valence-corrected chi connectivity index (χ4v) is 4.93. The van der Waals surface area contributed by atoms with Crippen LogP contribution in [0.1, 0.15) is 26.7 Å². The van der Waals surface area contributed by atoms with Crippen LogP contribution in [0.4, 0.5) is 0 Å². The molecule has 0 saturated carbocycles. The lowest BCUT2D eigenvalue weighted by molar-refractivity contribution is 0.0372. The average Bonchev–Trinajstić information content (AvgIpc) is 3.30. The van der Waals surface area contributed by atoms with Crippen LogP contribution in [0.3, 0.4) is 0 Å². The summed E-state index contributed by atoms with van der Waals surface area (Å²) in [5, 5.41) is 3.01. The van der Waals surface area contributed by atoms with Crippen molar-refractivity contribution in [2.24, 2.45) is 13.0 Å². The molecule has 2 aromatic heterocycles. The molecule has 25 heavy (non-hydrogen) atoms. The smallest absolute Gasteiger partial charge is 0.267 e. The van der Waals surface area contributed by atoms with Gasteiger partial charge in [0.1, 0.15) is 5.69 Å². The summed E-state index contributed by atoms with van der Waals surface area (Å²) in [6.45, 7) is 5.89. The lowest BCUT2D eigenvalue weighted by Crippen LogP contribution is -2.34. The largest absolute Gasteiger partial charge is 0.371 e. The van der Waals surface area contributed by atoms with E-state index in [-0.39, 0.29) is 12.0 Å². The first-order valence-electron chi connectivity index (χ1n) is 8.91. The highest BCUT2D eigenvalue weighted by Gasteiger charge is 2.41. The number of fused-ring (bicyclic) bond motifs is 1. The van der Waals surface area contributed by atoms with Gasteiger partial charge in [-0.05, 0) is 37.6 Å². The number of thiophene rings is 1. The van der Waals surface area contributed by atoms with E-state index >= 15 is 0 Å². The molecule has 6 heteroatoms. The summed E-state index contributed by atoms with van der Waals surface area (Å²) in [5.74, 6) is 0.570. The van der Waals surface area contributed by atoms with Gasteiger partial charge < -0.3 is 14.6 Å². The normalized spacial score (nSPS) is 26.1. The number of hydrogen-bond acceptors (Lipinski definition) is 4. The first-order valence-corrected chi connectivity index (χ1v) is 9.73. The molecule has 1 N–H and O–H groups in total. The van der Waals surface area contributed by atoms with Gasteiger partial charge in [0.15, 0.2) is 0 Å². The third kappa shape index (κ3) is 3.66.